The van der Waals surface area contributed by atoms with Crippen LogP contribution in [0.25, 0.3) is 0 Å². The molecule has 2 aliphatic rings. The number of nitrogens with zero attached hydrogens (tertiary/aromatic N) is 2. The average molecular weight is 380 g/mol. The zero-order chi connectivity index (χ0) is 19.4. The second-order valence-corrected chi connectivity index (χ2v) is 7.90. The van der Waals surface area contributed by atoms with Gasteiger partial charge >= 0.3 is 6.09 Å². The Morgan fingerprint density at radius 3 is 2.32 bits per heavy atom. The van der Waals surface area contributed by atoms with Crippen LogP contribution in [0.3, 0.4) is 0 Å². The monoisotopic (exact) mass is 380 g/mol. The van der Waals surface area contributed by atoms with Crippen LogP contribution in [0.1, 0.15) is 30.4 Å². The molecule has 0 saturated carbocycles. The molecule has 2 aliphatic heterocycles. The highest BCUT2D eigenvalue weighted by Gasteiger charge is 2.35. The molecule has 28 heavy (non-hydrogen) atoms. The summed E-state index contributed by atoms with van der Waals surface area (Å²) >= 11 is 0. The van der Waals surface area contributed by atoms with Crippen LogP contribution in [0, 0.1) is 0 Å². The van der Waals surface area contributed by atoms with Crippen molar-refractivity contribution in [3.05, 3.63) is 71.8 Å². The zero-order valence-corrected chi connectivity index (χ0v) is 16.2. The van der Waals surface area contributed by atoms with Crippen LogP contribution in [0.5, 0.6) is 0 Å². The number of hydrogen-bond acceptors (Lipinski definition) is 4. The third-order valence-electron chi connectivity index (χ3n) is 5.93. The predicted molar refractivity (Wildman–Crippen MR) is 108 cm³/mol. The molecule has 1 atom stereocenters. The molecule has 5 heteroatoms. The molecule has 2 aromatic rings. The number of benzene rings is 2. The van der Waals surface area contributed by atoms with E-state index in [0.717, 1.165) is 50.0 Å². The average Bonchev–Trinajstić information content (AvgIpc) is 3.08. The van der Waals surface area contributed by atoms with E-state index in [2.05, 4.69) is 4.90 Å². The summed E-state index contributed by atoms with van der Waals surface area (Å²) in [5.41, 5.74) is 1.41. The van der Waals surface area contributed by atoms with Crippen LogP contribution in [0.15, 0.2) is 60.7 Å². The maximum atomic E-state index is 12.1. The third kappa shape index (κ3) is 4.37. The normalized spacial score (nSPS) is 22.2. The molecule has 0 spiro atoms. The summed E-state index contributed by atoms with van der Waals surface area (Å²) in [5, 5.41) is 10.9. The van der Waals surface area contributed by atoms with Crippen LogP contribution in [-0.2, 0) is 16.9 Å². The van der Waals surface area contributed by atoms with E-state index in [0.29, 0.717) is 13.1 Å². The maximum Gasteiger partial charge on any atom is 0.410 e. The number of carbonyl (C=O) groups is 1. The summed E-state index contributed by atoms with van der Waals surface area (Å²) in [4.78, 5) is 16.3. The predicted octanol–water partition coefficient (Wildman–Crippen LogP) is 3.38. The number of aliphatic hydroxyl groups is 1. The Morgan fingerprint density at radius 1 is 1.00 bits per heavy atom. The standard InChI is InChI=1S/C23H28N2O3/c26-22-25(17-19-7-3-1-4-8-19)18-21(28-22)11-14-24-15-12-23(27,13-16-24)20-9-5-2-6-10-20/h1-10,21,27H,11-18H2. The molecule has 2 fully saturated rings. The van der Waals surface area contributed by atoms with E-state index >= 15 is 0 Å². The summed E-state index contributed by atoms with van der Waals surface area (Å²) in [6, 6.07) is 20.0. The molecule has 1 amide bonds. The van der Waals surface area contributed by atoms with Gasteiger partial charge in [0.05, 0.1) is 12.1 Å². The molecule has 2 heterocycles. The smallest absolute Gasteiger partial charge is 0.410 e. The summed E-state index contributed by atoms with van der Waals surface area (Å²) in [6.45, 7) is 3.86. The number of rotatable bonds is 6. The Labute approximate surface area is 166 Å². The van der Waals surface area contributed by atoms with Gasteiger partial charge in [0.2, 0.25) is 0 Å². The second-order valence-electron chi connectivity index (χ2n) is 7.90. The van der Waals surface area contributed by atoms with E-state index in [1.54, 1.807) is 4.90 Å². The van der Waals surface area contributed by atoms with Gasteiger partial charge in [-0.25, -0.2) is 4.79 Å². The first kappa shape index (κ1) is 19.0. The molecule has 1 N–H and O–H groups in total. The van der Waals surface area contributed by atoms with Gasteiger partial charge in [0.25, 0.3) is 0 Å². The lowest BCUT2D eigenvalue weighted by atomic mass is 9.84. The van der Waals surface area contributed by atoms with Crippen molar-refractivity contribution in [1.82, 2.24) is 9.80 Å². The van der Waals surface area contributed by atoms with Crippen molar-refractivity contribution in [2.24, 2.45) is 0 Å². The van der Waals surface area contributed by atoms with Gasteiger partial charge in [-0.3, -0.25) is 0 Å². The maximum absolute atomic E-state index is 12.1. The Kier molecular flexibility index (Phi) is 5.64. The van der Waals surface area contributed by atoms with Gasteiger partial charge in [-0.15, -0.1) is 0 Å². The summed E-state index contributed by atoms with van der Waals surface area (Å²) in [6.07, 6.45) is 2.04. The molecule has 4 rings (SSSR count). The molecular weight excluding hydrogens is 352 g/mol. The van der Waals surface area contributed by atoms with Crippen molar-refractivity contribution < 1.29 is 14.6 Å². The summed E-state index contributed by atoms with van der Waals surface area (Å²) < 4.78 is 5.56. The van der Waals surface area contributed by atoms with Crippen LogP contribution in [0.4, 0.5) is 4.79 Å². The van der Waals surface area contributed by atoms with E-state index in [9.17, 15) is 9.90 Å². The molecule has 0 bridgehead atoms. The molecule has 0 aliphatic carbocycles. The fraction of sp³-hybridized carbons (Fsp3) is 0.435. The van der Waals surface area contributed by atoms with E-state index < -0.39 is 5.60 Å². The van der Waals surface area contributed by atoms with E-state index in [1.807, 2.05) is 60.7 Å². The number of amides is 1. The molecule has 5 nitrogen and oxygen atoms in total. The number of ether oxygens (including phenoxy) is 1. The number of hydrogen-bond donors (Lipinski definition) is 1. The molecule has 0 aromatic heterocycles. The zero-order valence-electron chi connectivity index (χ0n) is 16.2. The first-order valence-corrected chi connectivity index (χ1v) is 10.1. The number of carbonyl (C=O) groups excluding carboxylic acids is 1. The molecule has 2 aromatic carbocycles. The molecule has 1 unspecified atom stereocenters. The quantitative estimate of drug-likeness (QED) is 0.835. The lowest BCUT2D eigenvalue weighted by Gasteiger charge is -2.38. The van der Waals surface area contributed by atoms with E-state index in [4.69, 9.17) is 4.74 Å². The lowest BCUT2D eigenvalue weighted by Crippen LogP contribution is -2.43. The largest absolute Gasteiger partial charge is 0.444 e. The van der Waals surface area contributed by atoms with Gasteiger partial charge in [0, 0.05) is 26.2 Å². The minimum Gasteiger partial charge on any atom is -0.444 e. The van der Waals surface area contributed by atoms with Gasteiger partial charge in [-0.05, 0) is 30.4 Å². The summed E-state index contributed by atoms with van der Waals surface area (Å²) in [7, 11) is 0. The molecule has 0 radical (unpaired) electrons. The van der Waals surface area contributed by atoms with Crippen molar-refractivity contribution in [2.45, 2.75) is 37.5 Å². The Balaban J connectivity index is 1.23. The summed E-state index contributed by atoms with van der Waals surface area (Å²) in [5.74, 6) is 0. The first-order valence-electron chi connectivity index (χ1n) is 10.1. The minimum absolute atomic E-state index is 0.0499. The Bertz CT molecular complexity index is 773. The van der Waals surface area contributed by atoms with Gasteiger partial charge in [-0.1, -0.05) is 60.7 Å². The van der Waals surface area contributed by atoms with Crippen molar-refractivity contribution in [1.29, 1.82) is 0 Å². The Hall–Kier alpha value is -2.37. The van der Waals surface area contributed by atoms with Gasteiger partial charge in [0.1, 0.15) is 6.10 Å². The molecule has 148 valence electrons. The fourth-order valence-electron chi connectivity index (χ4n) is 4.17. The SMILES string of the molecule is O=C1OC(CCN2CCC(O)(c3ccccc3)CC2)CN1Cc1ccccc1. The van der Waals surface area contributed by atoms with Crippen molar-refractivity contribution in [3.8, 4) is 0 Å². The van der Waals surface area contributed by atoms with E-state index in [-0.39, 0.29) is 12.2 Å². The lowest BCUT2D eigenvalue weighted by molar-refractivity contribution is -0.0275. The molecular formula is C23H28N2O3. The minimum atomic E-state index is -0.718. The van der Waals surface area contributed by atoms with Crippen LogP contribution < -0.4 is 0 Å². The highest BCUT2D eigenvalue weighted by atomic mass is 16.6. The highest BCUT2D eigenvalue weighted by Crippen LogP contribution is 2.32. The number of piperidine rings is 1. The third-order valence-corrected chi connectivity index (χ3v) is 5.93. The van der Waals surface area contributed by atoms with Gasteiger partial charge in [-0.2, -0.15) is 0 Å². The van der Waals surface area contributed by atoms with Gasteiger partial charge in [0.15, 0.2) is 0 Å². The van der Waals surface area contributed by atoms with Crippen LogP contribution in [-0.4, -0.2) is 53.3 Å². The second kappa shape index (κ2) is 8.33. The fourth-order valence-corrected chi connectivity index (χ4v) is 4.17. The first-order chi connectivity index (χ1) is 13.6. The van der Waals surface area contributed by atoms with E-state index in [1.165, 1.54) is 0 Å². The highest BCUT2D eigenvalue weighted by molar-refractivity contribution is 5.69. The number of likely N-dealkylation sites (tertiary alicyclic amines) is 1. The van der Waals surface area contributed by atoms with Crippen LogP contribution >= 0.6 is 0 Å². The van der Waals surface area contributed by atoms with Gasteiger partial charge < -0.3 is 19.6 Å². The molecule has 2 saturated heterocycles. The van der Waals surface area contributed by atoms with Crippen molar-refractivity contribution in [2.75, 3.05) is 26.2 Å². The van der Waals surface area contributed by atoms with Crippen LogP contribution in [0.2, 0.25) is 0 Å². The Morgan fingerprint density at radius 2 is 1.64 bits per heavy atom. The van der Waals surface area contributed by atoms with Crippen molar-refractivity contribution in [3.63, 3.8) is 0 Å². The van der Waals surface area contributed by atoms with Crippen molar-refractivity contribution >= 4 is 6.09 Å². The topological polar surface area (TPSA) is 53.0 Å². The number of cyclic esters (lactones) is 1.